The van der Waals surface area contributed by atoms with E-state index in [-0.39, 0.29) is 12.3 Å². The molecule has 1 fully saturated rings. The molecule has 1 aliphatic rings. The van der Waals surface area contributed by atoms with Gasteiger partial charge in [0, 0.05) is 30.9 Å². The number of H-pyrrole nitrogens is 2. The van der Waals surface area contributed by atoms with Crippen LogP contribution in [0.1, 0.15) is 25.3 Å². The summed E-state index contributed by atoms with van der Waals surface area (Å²) in [5.41, 5.74) is -0.749. The molecule has 0 aliphatic carbocycles. The molecule has 1 aliphatic heterocycles. The Labute approximate surface area is 129 Å². The highest BCUT2D eigenvalue weighted by molar-refractivity contribution is 5.78. The summed E-state index contributed by atoms with van der Waals surface area (Å²) >= 11 is 0. The van der Waals surface area contributed by atoms with E-state index in [1.165, 1.54) is 6.20 Å². The minimum absolute atomic E-state index is 0.0278. The number of aromatic amines is 2. The second kappa shape index (κ2) is 6.91. The molecule has 1 atom stereocenters. The molecule has 122 valence electrons. The Balaban J connectivity index is 1.92. The summed E-state index contributed by atoms with van der Waals surface area (Å²) in [6.07, 6.45) is 3.31. The van der Waals surface area contributed by atoms with Crippen molar-refractivity contribution in [3.05, 3.63) is 32.6 Å². The first-order valence-electron chi connectivity index (χ1n) is 7.63. The molecule has 2 N–H and O–H groups in total. The second-order valence-electron chi connectivity index (χ2n) is 6.20. The highest BCUT2D eigenvalue weighted by atomic mass is 16.2. The maximum absolute atomic E-state index is 12.3. The Morgan fingerprint density at radius 2 is 2.00 bits per heavy atom. The highest BCUT2D eigenvalue weighted by Gasteiger charge is 2.27. The van der Waals surface area contributed by atoms with Gasteiger partial charge in [-0.1, -0.05) is 0 Å². The lowest BCUT2D eigenvalue weighted by molar-refractivity contribution is -0.132. The summed E-state index contributed by atoms with van der Waals surface area (Å²) in [6, 6.07) is 0.499. The largest absolute Gasteiger partial charge is 0.342 e. The summed E-state index contributed by atoms with van der Waals surface area (Å²) in [6.45, 7) is 3.66. The zero-order valence-electron chi connectivity index (χ0n) is 13.4. The quantitative estimate of drug-likeness (QED) is 0.806. The maximum Gasteiger partial charge on any atom is 0.325 e. The summed E-state index contributed by atoms with van der Waals surface area (Å²) in [7, 11) is 4.15. The number of aromatic nitrogens is 2. The van der Waals surface area contributed by atoms with Crippen LogP contribution in [0.5, 0.6) is 0 Å². The van der Waals surface area contributed by atoms with Gasteiger partial charge in [-0.05, 0) is 39.8 Å². The summed E-state index contributed by atoms with van der Waals surface area (Å²) in [4.78, 5) is 43.4. The molecule has 2 heterocycles. The molecule has 1 unspecified atom stereocenters. The van der Waals surface area contributed by atoms with Crippen LogP contribution in [-0.4, -0.2) is 58.9 Å². The van der Waals surface area contributed by atoms with Gasteiger partial charge in [0.2, 0.25) is 5.91 Å². The number of carbonyl (C=O) groups is 1. The van der Waals surface area contributed by atoms with E-state index in [1.807, 2.05) is 4.90 Å². The third kappa shape index (κ3) is 3.85. The first-order valence-corrected chi connectivity index (χ1v) is 7.63. The number of hydrogen-bond donors (Lipinski definition) is 2. The van der Waals surface area contributed by atoms with Crippen LogP contribution in [0.2, 0.25) is 0 Å². The van der Waals surface area contributed by atoms with Crippen molar-refractivity contribution >= 4 is 5.91 Å². The fourth-order valence-corrected chi connectivity index (χ4v) is 2.90. The fourth-order valence-electron chi connectivity index (χ4n) is 2.90. The predicted octanol–water partition coefficient (Wildman–Crippen LogP) is -0.206. The molecule has 22 heavy (non-hydrogen) atoms. The normalized spacial score (nSPS) is 17.7. The van der Waals surface area contributed by atoms with Crippen molar-refractivity contribution in [2.24, 2.45) is 5.92 Å². The van der Waals surface area contributed by atoms with Gasteiger partial charge in [-0.2, -0.15) is 0 Å². The Bertz CT molecular complexity index is 626. The molecule has 1 amide bonds. The number of amides is 1. The molecule has 1 aromatic heterocycles. The molecule has 2 rings (SSSR count). The van der Waals surface area contributed by atoms with E-state index in [0.717, 1.165) is 25.9 Å². The average molecular weight is 308 g/mol. The standard InChI is InChI=1S/C15H24N4O3/c1-10(18(2)3)11-4-6-19(7-5-11)13(20)8-12-9-16-15(22)17-14(12)21/h9-11H,4-8H2,1-3H3,(H2,16,17,21,22). The van der Waals surface area contributed by atoms with Crippen LogP contribution in [0.25, 0.3) is 0 Å². The average Bonchev–Trinajstić information content (AvgIpc) is 2.49. The zero-order valence-corrected chi connectivity index (χ0v) is 13.4. The molecule has 0 aromatic carbocycles. The van der Waals surface area contributed by atoms with E-state index in [1.54, 1.807) is 0 Å². The Hall–Kier alpha value is -1.89. The monoisotopic (exact) mass is 308 g/mol. The van der Waals surface area contributed by atoms with Crippen LogP contribution in [-0.2, 0) is 11.2 Å². The van der Waals surface area contributed by atoms with Crippen LogP contribution in [0.4, 0.5) is 0 Å². The minimum atomic E-state index is -0.556. The topological polar surface area (TPSA) is 89.3 Å². The minimum Gasteiger partial charge on any atom is -0.342 e. The van der Waals surface area contributed by atoms with Crippen molar-refractivity contribution in [1.82, 2.24) is 19.8 Å². The number of carbonyl (C=O) groups excluding carboxylic acids is 1. The lowest BCUT2D eigenvalue weighted by Crippen LogP contribution is -2.44. The van der Waals surface area contributed by atoms with Gasteiger partial charge in [0.05, 0.1) is 6.42 Å². The van der Waals surface area contributed by atoms with Crippen molar-refractivity contribution in [2.45, 2.75) is 32.2 Å². The van der Waals surface area contributed by atoms with Crippen LogP contribution in [0.3, 0.4) is 0 Å². The SMILES string of the molecule is CC(C1CCN(C(=O)Cc2c[nH]c(=O)[nH]c2=O)CC1)N(C)C. The first kappa shape index (κ1) is 16.5. The first-order chi connectivity index (χ1) is 10.4. The molecule has 7 nitrogen and oxygen atoms in total. The van der Waals surface area contributed by atoms with Gasteiger partial charge in [-0.3, -0.25) is 14.6 Å². The van der Waals surface area contributed by atoms with Gasteiger partial charge in [0.25, 0.3) is 5.56 Å². The number of rotatable bonds is 4. The molecular weight excluding hydrogens is 284 g/mol. The fraction of sp³-hybridized carbons (Fsp3) is 0.667. The van der Waals surface area contributed by atoms with Gasteiger partial charge in [-0.25, -0.2) is 4.79 Å². The van der Waals surface area contributed by atoms with Crippen molar-refractivity contribution < 1.29 is 4.79 Å². The lowest BCUT2D eigenvalue weighted by atomic mass is 9.89. The molecule has 1 aromatic rings. The third-order valence-corrected chi connectivity index (χ3v) is 4.63. The van der Waals surface area contributed by atoms with Gasteiger partial charge in [-0.15, -0.1) is 0 Å². The van der Waals surface area contributed by atoms with Crippen LogP contribution < -0.4 is 11.2 Å². The Morgan fingerprint density at radius 3 is 2.55 bits per heavy atom. The summed E-state index contributed by atoms with van der Waals surface area (Å²) in [5, 5.41) is 0. The van der Waals surface area contributed by atoms with Crippen LogP contribution in [0.15, 0.2) is 15.8 Å². The Kier molecular flexibility index (Phi) is 5.18. The van der Waals surface area contributed by atoms with Gasteiger partial charge in [0.15, 0.2) is 0 Å². The van der Waals surface area contributed by atoms with E-state index in [4.69, 9.17) is 0 Å². The molecule has 0 saturated carbocycles. The van der Waals surface area contributed by atoms with E-state index >= 15 is 0 Å². The number of nitrogens with one attached hydrogen (secondary N) is 2. The number of nitrogens with zero attached hydrogens (tertiary/aromatic N) is 2. The van der Waals surface area contributed by atoms with Crippen LogP contribution in [0, 0.1) is 5.92 Å². The predicted molar refractivity (Wildman–Crippen MR) is 83.8 cm³/mol. The molecule has 0 radical (unpaired) electrons. The third-order valence-electron chi connectivity index (χ3n) is 4.63. The smallest absolute Gasteiger partial charge is 0.325 e. The van der Waals surface area contributed by atoms with Crippen LogP contribution >= 0.6 is 0 Å². The van der Waals surface area contributed by atoms with E-state index < -0.39 is 11.2 Å². The number of likely N-dealkylation sites (tertiary alicyclic amines) is 1. The number of piperidine rings is 1. The number of hydrogen-bond acceptors (Lipinski definition) is 4. The van der Waals surface area contributed by atoms with E-state index in [9.17, 15) is 14.4 Å². The van der Waals surface area contributed by atoms with Crippen molar-refractivity contribution in [3.8, 4) is 0 Å². The maximum atomic E-state index is 12.3. The molecule has 7 heteroatoms. The summed E-state index contributed by atoms with van der Waals surface area (Å²) in [5.74, 6) is 0.532. The van der Waals surface area contributed by atoms with Crippen molar-refractivity contribution in [3.63, 3.8) is 0 Å². The Morgan fingerprint density at radius 1 is 1.36 bits per heavy atom. The summed E-state index contributed by atoms with van der Waals surface area (Å²) < 4.78 is 0. The second-order valence-corrected chi connectivity index (χ2v) is 6.20. The molecule has 0 bridgehead atoms. The van der Waals surface area contributed by atoms with E-state index in [2.05, 4.69) is 35.9 Å². The molecular formula is C15H24N4O3. The molecule has 0 spiro atoms. The highest BCUT2D eigenvalue weighted by Crippen LogP contribution is 2.23. The zero-order chi connectivity index (χ0) is 16.3. The van der Waals surface area contributed by atoms with Gasteiger partial charge < -0.3 is 14.8 Å². The van der Waals surface area contributed by atoms with Gasteiger partial charge in [0.1, 0.15) is 0 Å². The lowest BCUT2D eigenvalue weighted by Gasteiger charge is -2.37. The molecule has 1 saturated heterocycles. The van der Waals surface area contributed by atoms with Crippen molar-refractivity contribution in [1.29, 1.82) is 0 Å². The van der Waals surface area contributed by atoms with Crippen molar-refractivity contribution in [2.75, 3.05) is 27.2 Å². The van der Waals surface area contributed by atoms with Gasteiger partial charge >= 0.3 is 5.69 Å². The van der Waals surface area contributed by atoms with E-state index in [0.29, 0.717) is 17.5 Å².